The van der Waals surface area contributed by atoms with Crippen molar-refractivity contribution >= 4 is 17.7 Å². The lowest BCUT2D eigenvalue weighted by molar-refractivity contribution is -0.155. The van der Waals surface area contributed by atoms with Crippen molar-refractivity contribution in [3.8, 4) is 0 Å². The fourth-order valence-corrected chi connectivity index (χ4v) is 1.58. The van der Waals surface area contributed by atoms with Gasteiger partial charge in [0.2, 0.25) is 5.91 Å². The summed E-state index contributed by atoms with van der Waals surface area (Å²) in [6.45, 7) is 4.97. The molecule has 1 N–H and O–H groups in total. The van der Waals surface area contributed by atoms with Crippen molar-refractivity contribution in [2.75, 3.05) is 0 Å². The third-order valence-electron chi connectivity index (χ3n) is 2.47. The standard InChI is InChI=1S/C11H17NO4/c1-6(2)16-11(15)7(3)10(14)8-4-5-9(13)12-8/h6-8H,4-5H2,1-3H3,(H,12,13)/t7?,8-/m0/s1. The van der Waals surface area contributed by atoms with E-state index < -0.39 is 17.9 Å². The van der Waals surface area contributed by atoms with Crippen molar-refractivity contribution in [2.24, 2.45) is 5.92 Å². The van der Waals surface area contributed by atoms with E-state index in [-0.39, 0.29) is 17.8 Å². The molecule has 1 heterocycles. The average molecular weight is 227 g/mol. The van der Waals surface area contributed by atoms with Gasteiger partial charge in [-0.2, -0.15) is 0 Å². The number of ketones is 1. The van der Waals surface area contributed by atoms with E-state index in [1.54, 1.807) is 13.8 Å². The van der Waals surface area contributed by atoms with Crippen molar-refractivity contribution in [1.29, 1.82) is 0 Å². The Morgan fingerprint density at radius 2 is 2.00 bits per heavy atom. The van der Waals surface area contributed by atoms with Crippen LogP contribution in [0.15, 0.2) is 0 Å². The van der Waals surface area contributed by atoms with Crippen LogP contribution in [-0.2, 0) is 19.1 Å². The molecule has 0 aliphatic carbocycles. The number of Topliss-reactive ketones (excluding diaryl/α,β-unsaturated/α-hetero) is 1. The molecule has 90 valence electrons. The maximum Gasteiger partial charge on any atom is 0.316 e. The Balaban J connectivity index is 2.53. The first kappa shape index (κ1) is 12.7. The quantitative estimate of drug-likeness (QED) is 0.558. The first-order chi connectivity index (χ1) is 7.41. The molecular weight excluding hydrogens is 210 g/mol. The Morgan fingerprint density at radius 3 is 2.44 bits per heavy atom. The van der Waals surface area contributed by atoms with Crippen molar-refractivity contribution in [1.82, 2.24) is 5.32 Å². The van der Waals surface area contributed by atoms with Gasteiger partial charge in [-0.1, -0.05) is 0 Å². The van der Waals surface area contributed by atoms with Crippen molar-refractivity contribution in [3.05, 3.63) is 0 Å². The van der Waals surface area contributed by atoms with Gasteiger partial charge in [0.05, 0.1) is 12.1 Å². The van der Waals surface area contributed by atoms with E-state index in [0.29, 0.717) is 12.8 Å². The molecule has 1 rings (SSSR count). The minimum absolute atomic E-state index is 0.136. The van der Waals surface area contributed by atoms with Crippen LogP contribution in [0.4, 0.5) is 0 Å². The summed E-state index contributed by atoms with van der Waals surface area (Å²) in [5.74, 6) is -1.74. The van der Waals surface area contributed by atoms with E-state index in [9.17, 15) is 14.4 Å². The van der Waals surface area contributed by atoms with Gasteiger partial charge in [-0.3, -0.25) is 14.4 Å². The number of rotatable bonds is 4. The van der Waals surface area contributed by atoms with E-state index in [0.717, 1.165) is 0 Å². The molecule has 0 aromatic rings. The summed E-state index contributed by atoms with van der Waals surface area (Å²) >= 11 is 0. The van der Waals surface area contributed by atoms with Gasteiger partial charge in [0.25, 0.3) is 0 Å². The molecular formula is C11H17NO4. The van der Waals surface area contributed by atoms with Gasteiger partial charge in [0.1, 0.15) is 5.92 Å². The number of hydrogen-bond acceptors (Lipinski definition) is 4. The zero-order valence-corrected chi connectivity index (χ0v) is 9.78. The monoisotopic (exact) mass is 227 g/mol. The maximum atomic E-state index is 11.8. The predicted octanol–water partition coefficient (Wildman–Crippen LogP) is 0.422. The highest BCUT2D eigenvalue weighted by Crippen LogP contribution is 2.13. The zero-order valence-electron chi connectivity index (χ0n) is 9.78. The number of ether oxygens (including phenoxy) is 1. The fourth-order valence-electron chi connectivity index (χ4n) is 1.58. The number of carbonyl (C=O) groups excluding carboxylic acids is 3. The Morgan fingerprint density at radius 1 is 1.38 bits per heavy atom. The summed E-state index contributed by atoms with van der Waals surface area (Å²) in [5.41, 5.74) is 0. The molecule has 1 aliphatic heterocycles. The van der Waals surface area contributed by atoms with Crippen molar-refractivity contribution in [3.63, 3.8) is 0 Å². The molecule has 5 nitrogen and oxygen atoms in total. The Bertz CT molecular complexity index is 311. The fraction of sp³-hybridized carbons (Fsp3) is 0.727. The minimum Gasteiger partial charge on any atom is -0.462 e. The molecule has 0 aromatic heterocycles. The molecule has 1 unspecified atom stereocenters. The Hall–Kier alpha value is -1.39. The number of carbonyl (C=O) groups is 3. The molecule has 1 fully saturated rings. The molecule has 0 aromatic carbocycles. The average Bonchev–Trinajstić information content (AvgIpc) is 2.61. The second-order valence-corrected chi connectivity index (χ2v) is 4.27. The van der Waals surface area contributed by atoms with Gasteiger partial charge in [0, 0.05) is 6.42 Å². The van der Waals surface area contributed by atoms with Crippen LogP contribution in [0.2, 0.25) is 0 Å². The molecule has 16 heavy (non-hydrogen) atoms. The number of esters is 1. The third kappa shape index (κ3) is 3.05. The third-order valence-corrected chi connectivity index (χ3v) is 2.47. The van der Waals surface area contributed by atoms with Gasteiger partial charge in [-0.15, -0.1) is 0 Å². The lowest BCUT2D eigenvalue weighted by Crippen LogP contribution is -2.39. The first-order valence-electron chi connectivity index (χ1n) is 5.45. The van der Waals surface area contributed by atoms with E-state index in [4.69, 9.17) is 4.74 Å². The summed E-state index contributed by atoms with van der Waals surface area (Å²) in [5, 5.41) is 2.55. The highest BCUT2D eigenvalue weighted by molar-refractivity contribution is 6.03. The lowest BCUT2D eigenvalue weighted by Gasteiger charge is -2.16. The summed E-state index contributed by atoms with van der Waals surface area (Å²) < 4.78 is 4.95. The van der Waals surface area contributed by atoms with Crippen LogP contribution in [0.25, 0.3) is 0 Å². The second kappa shape index (κ2) is 5.09. The Kier molecular flexibility index (Phi) is 4.04. The summed E-state index contributed by atoms with van der Waals surface area (Å²) in [6, 6.07) is -0.526. The largest absolute Gasteiger partial charge is 0.462 e. The van der Waals surface area contributed by atoms with E-state index in [1.165, 1.54) is 6.92 Å². The van der Waals surface area contributed by atoms with Crippen LogP contribution in [-0.4, -0.2) is 29.8 Å². The molecule has 0 radical (unpaired) electrons. The van der Waals surface area contributed by atoms with E-state index >= 15 is 0 Å². The molecule has 0 spiro atoms. The van der Waals surface area contributed by atoms with Crippen molar-refractivity contribution < 1.29 is 19.1 Å². The SMILES string of the molecule is CC(C)OC(=O)C(C)C(=O)[C@@H]1CCC(=O)N1. The molecule has 2 atom stereocenters. The topological polar surface area (TPSA) is 72.5 Å². The normalized spacial score (nSPS) is 21.8. The van der Waals surface area contributed by atoms with Crippen LogP contribution in [0.5, 0.6) is 0 Å². The second-order valence-electron chi connectivity index (χ2n) is 4.27. The van der Waals surface area contributed by atoms with Gasteiger partial charge < -0.3 is 10.1 Å². The highest BCUT2D eigenvalue weighted by atomic mass is 16.5. The van der Waals surface area contributed by atoms with Crippen LogP contribution in [0, 0.1) is 5.92 Å². The molecule has 1 aliphatic rings. The van der Waals surface area contributed by atoms with Gasteiger partial charge >= 0.3 is 5.97 Å². The van der Waals surface area contributed by atoms with Gasteiger partial charge in [-0.05, 0) is 27.2 Å². The van der Waals surface area contributed by atoms with E-state index in [1.807, 2.05) is 0 Å². The molecule has 1 saturated heterocycles. The van der Waals surface area contributed by atoms with Crippen LogP contribution >= 0.6 is 0 Å². The molecule has 0 bridgehead atoms. The number of amides is 1. The smallest absolute Gasteiger partial charge is 0.316 e. The zero-order chi connectivity index (χ0) is 12.3. The molecule has 5 heteroatoms. The van der Waals surface area contributed by atoms with E-state index in [2.05, 4.69) is 5.32 Å². The van der Waals surface area contributed by atoms with Crippen molar-refractivity contribution in [2.45, 2.75) is 45.8 Å². The predicted molar refractivity (Wildman–Crippen MR) is 56.6 cm³/mol. The maximum absolute atomic E-state index is 11.8. The van der Waals surface area contributed by atoms with Gasteiger partial charge in [-0.25, -0.2) is 0 Å². The summed E-state index contributed by atoms with van der Waals surface area (Å²) in [7, 11) is 0. The van der Waals surface area contributed by atoms with Crippen LogP contribution in [0.3, 0.4) is 0 Å². The molecule has 0 saturated carbocycles. The highest BCUT2D eigenvalue weighted by Gasteiger charge is 2.34. The molecule has 1 amide bonds. The van der Waals surface area contributed by atoms with Crippen LogP contribution in [0.1, 0.15) is 33.6 Å². The Labute approximate surface area is 94.5 Å². The minimum atomic E-state index is -0.814. The summed E-state index contributed by atoms with van der Waals surface area (Å²) in [6.07, 6.45) is 0.584. The number of nitrogens with one attached hydrogen (secondary N) is 1. The first-order valence-corrected chi connectivity index (χ1v) is 5.45. The van der Waals surface area contributed by atoms with Crippen LogP contribution < -0.4 is 5.32 Å². The number of hydrogen-bond donors (Lipinski definition) is 1. The lowest BCUT2D eigenvalue weighted by atomic mass is 9.99. The van der Waals surface area contributed by atoms with Gasteiger partial charge in [0.15, 0.2) is 5.78 Å². The summed E-state index contributed by atoms with van der Waals surface area (Å²) in [4.78, 5) is 34.2.